The van der Waals surface area contributed by atoms with E-state index in [2.05, 4.69) is 0 Å². The fourth-order valence-corrected chi connectivity index (χ4v) is 1.74. The van der Waals surface area contributed by atoms with Gasteiger partial charge in [-0.2, -0.15) is 5.26 Å². The molecule has 0 amide bonds. The summed E-state index contributed by atoms with van der Waals surface area (Å²) in [5.74, 6) is -2.86. The van der Waals surface area contributed by atoms with Gasteiger partial charge in [0, 0.05) is 6.07 Å². The molecule has 106 valence electrons. The number of nitrogens with zero attached hydrogens (tertiary/aromatic N) is 2. The number of benzene rings is 2. The first-order valence-electron chi connectivity index (χ1n) is 5.75. The molecule has 2 aromatic rings. The van der Waals surface area contributed by atoms with Crippen LogP contribution in [0.4, 0.5) is 14.5 Å². The van der Waals surface area contributed by atoms with Gasteiger partial charge in [-0.15, -0.1) is 0 Å². The van der Waals surface area contributed by atoms with Crippen LogP contribution in [0.15, 0.2) is 30.3 Å². The number of hydrogen-bond donors (Lipinski definition) is 0. The van der Waals surface area contributed by atoms with Gasteiger partial charge in [0.25, 0.3) is 5.69 Å². The maximum Gasteiger partial charge on any atom is 0.276 e. The number of nitro groups is 1. The van der Waals surface area contributed by atoms with Crippen molar-refractivity contribution >= 4 is 5.69 Å². The predicted octanol–water partition coefficient (Wildman–Crippen LogP) is 3.85. The maximum absolute atomic E-state index is 13.7. The molecule has 0 aliphatic carbocycles. The first-order chi connectivity index (χ1) is 9.93. The Morgan fingerprint density at radius 3 is 2.43 bits per heavy atom. The zero-order chi connectivity index (χ0) is 15.6. The molecule has 2 aromatic carbocycles. The minimum atomic E-state index is -1.06. The SMILES string of the molecule is Cc1c(Oc2c(F)cc(C#N)cc2F)cccc1[N+](=O)[O-]. The molecule has 7 heteroatoms. The van der Waals surface area contributed by atoms with E-state index in [-0.39, 0.29) is 22.6 Å². The summed E-state index contributed by atoms with van der Waals surface area (Å²) >= 11 is 0. The summed E-state index contributed by atoms with van der Waals surface area (Å²) in [6, 6.07) is 7.22. The lowest BCUT2D eigenvalue weighted by Crippen LogP contribution is -1.98. The molecule has 0 aliphatic rings. The van der Waals surface area contributed by atoms with Crippen LogP contribution >= 0.6 is 0 Å². The van der Waals surface area contributed by atoms with Crippen molar-refractivity contribution in [1.82, 2.24) is 0 Å². The third-order valence-electron chi connectivity index (χ3n) is 2.79. The van der Waals surface area contributed by atoms with Crippen molar-refractivity contribution in [3.8, 4) is 17.6 Å². The van der Waals surface area contributed by atoms with Gasteiger partial charge < -0.3 is 4.74 Å². The number of halogens is 2. The monoisotopic (exact) mass is 290 g/mol. The molecule has 0 spiro atoms. The highest BCUT2D eigenvalue weighted by atomic mass is 19.1. The van der Waals surface area contributed by atoms with Crippen molar-refractivity contribution in [2.75, 3.05) is 0 Å². The van der Waals surface area contributed by atoms with Crippen molar-refractivity contribution in [2.24, 2.45) is 0 Å². The van der Waals surface area contributed by atoms with E-state index in [1.54, 1.807) is 6.07 Å². The molecule has 0 fully saturated rings. The Hall–Kier alpha value is -3.01. The van der Waals surface area contributed by atoms with Crippen LogP contribution in [0, 0.1) is 40.0 Å². The van der Waals surface area contributed by atoms with Gasteiger partial charge in [-0.3, -0.25) is 10.1 Å². The van der Waals surface area contributed by atoms with Gasteiger partial charge in [-0.1, -0.05) is 6.07 Å². The van der Waals surface area contributed by atoms with E-state index in [1.165, 1.54) is 25.1 Å². The summed E-state index contributed by atoms with van der Waals surface area (Å²) in [5.41, 5.74) is -0.263. The zero-order valence-electron chi connectivity index (χ0n) is 10.8. The first-order valence-corrected chi connectivity index (χ1v) is 5.75. The lowest BCUT2D eigenvalue weighted by Gasteiger charge is -2.10. The Balaban J connectivity index is 2.47. The van der Waals surface area contributed by atoms with Crippen molar-refractivity contribution < 1.29 is 18.4 Å². The molecule has 5 nitrogen and oxygen atoms in total. The van der Waals surface area contributed by atoms with Gasteiger partial charge in [0.05, 0.1) is 22.1 Å². The summed E-state index contributed by atoms with van der Waals surface area (Å²) < 4.78 is 32.5. The lowest BCUT2D eigenvalue weighted by atomic mass is 10.2. The molecule has 21 heavy (non-hydrogen) atoms. The number of ether oxygens (including phenoxy) is 1. The van der Waals surface area contributed by atoms with E-state index >= 15 is 0 Å². The topological polar surface area (TPSA) is 76.2 Å². The molecule has 0 bridgehead atoms. The molecular formula is C14H8F2N2O3. The molecule has 0 unspecified atom stereocenters. The smallest absolute Gasteiger partial charge is 0.276 e. The van der Waals surface area contributed by atoms with Crippen LogP contribution < -0.4 is 4.74 Å². The van der Waals surface area contributed by atoms with Gasteiger partial charge in [0.2, 0.25) is 0 Å². The van der Waals surface area contributed by atoms with Crippen LogP contribution in [0.2, 0.25) is 0 Å². The first kappa shape index (κ1) is 14.4. The second kappa shape index (κ2) is 5.54. The van der Waals surface area contributed by atoms with Crippen LogP contribution in [-0.2, 0) is 0 Å². The number of nitriles is 1. The predicted molar refractivity (Wildman–Crippen MR) is 69.0 cm³/mol. The van der Waals surface area contributed by atoms with Gasteiger partial charge in [0.15, 0.2) is 17.4 Å². The van der Waals surface area contributed by atoms with E-state index in [1.807, 2.05) is 0 Å². The zero-order valence-corrected chi connectivity index (χ0v) is 10.8. The van der Waals surface area contributed by atoms with Crippen LogP contribution in [0.25, 0.3) is 0 Å². The summed E-state index contributed by atoms with van der Waals surface area (Å²) in [4.78, 5) is 10.2. The highest BCUT2D eigenvalue weighted by Gasteiger charge is 2.18. The molecule has 0 atom stereocenters. The van der Waals surface area contributed by atoms with E-state index in [0.717, 1.165) is 12.1 Å². The van der Waals surface area contributed by atoms with Crippen molar-refractivity contribution in [3.05, 3.63) is 63.2 Å². The average molecular weight is 290 g/mol. The van der Waals surface area contributed by atoms with Crippen molar-refractivity contribution in [3.63, 3.8) is 0 Å². The molecule has 0 saturated carbocycles. The van der Waals surface area contributed by atoms with Crippen LogP contribution in [-0.4, -0.2) is 4.92 Å². The van der Waals surface area contributed by atoms with E-state index in [0.29, 0.717) is 0 Å². The third kappa shape index (κ3) is 2.79. The minimum absolute atomic E-state index is 0.0355. The van der Waals surface area contributed by atoms with Crippen LogP contribution in [0.3, 0.4) is 0 Å². The van der Waals surface area contributed by atoms with E-state index < -0.39 is 22.3 Å². The van der Waals surface area contributed by atoms with Crippen molar-refractivity contribution in [1.29, 1.82) is 5.26 Å². The highest BCUT2D eigenvalue weighted by Crippen LogP contribution is 2.33. The summed E-state index contributed by atoms with van der Waals surface area (Å²) in [5, 5.41) is 19.4. The lowest BCUT2D eigenvalue weighted by molar-refractivity contribution is -0.385. The molecule has 2 rings (SSSR count). The standard InChI is InChI=1S/C14H8F2N2O3/c1-8-12(18(19)20)3-2-4-13(8)21-14-10(15)5-9(7-17)6-11(14)16/h2-6H,1H3. The van der Waals surface area contributed by atoms with E-state index in [4.69, 9.17) is 10.00 Å². The molecular weight excluding hydrogens is 282 g/mol. The third-order valence-corrected chi connectivity index (χ3v) is 2.79. The number of rotatable bonds is 3. The Labute approximate surface area is 118 Å². The number of hydrogen-bond acceptors (Lipinski definition) is 4. The molecule has 0 radical (unpaired) electrons. The summed E-state index contributed by atoms with van der Waals surface area (Å²) in [7, 11) is 0. The summed E-state index contributed by atoms with van der Waals surface area (Å²) in [6.45, 7) is 1.41. The van der Waals surface area contributed by atoms with Crippen molar-refractivity contribution in [2.45, 2.75) is 6.92 Å². The summed E-state index contributed by atoms with van der Waals surface area (Å²) in [6.07, 6.45) is 0. The normalized spacial score (nSPS) is 10.0. The van der Waals surface area contributed by atoms with Gasteiger partial charge in [-0.25, -0.2) is 8.78 Å². The fraction of sp³-hybridized carbons (Fsp3) is 0.0714. The van der Waals surface area contributed by atoms with Gasteiger partial charge >= 0.3 is 0 Å². The van der Waals surface area contributed by atoms with Crippen LogP contribution in [0.5, 0.6) is 11.5 Å². The quantitative estimate of drug-likeness (QED) is 0.635. The van der Waals surface area contributed by atoms with E-state index in [9.17, 15) is 18.9 Å². The largest absolute Gasteiger partial charge is 0.451 e. The minimum Gasteiger partial charge on any atom is -0.451 e. The Morgan fingerprint density at radius 1 is 1.29 bits per heavy atom. The Morgan fingerprint density at radius 2 is 1.90 bits per heavy atom. The molecule has 0 aromatic heterocycles. The maximum atomic E-state index is 13.7. The number of nitro benzene ring substituents is 1. The second-order valence-corrected chi connectivity index (χ2v) is 4.14. The Bertz CT molecular complexity index is 746. The van der Waals surface area contributed by atoms with Crippen LogP contribution in [0.1, 0.15) is 11.1 Å². The second-order valence-electron chi connectivity index (χ2n) is 4.14. The average Bonchev–Trinajstić information content (AvgIpc) is 2.43. The molecule has 0 heterocycles. The fourth-order valence-electron chi connectivity index (χ4n) is 1.74. The Kier molecular flexibility index (Phi) is 3.80. The molecule has 0 N–H and O–H groups in total. The molecule has 0 saturated heterocycles. The molecule has 0 aliphatic heterocycles. The van der Waals surface area contributed by atoms with Gasteiger partial charge in [0.1, 0.15) is 5.75 Å². The highest BCUT2D eigenvalue weighted by molar-refractivity contribution is 5.50. The van der Waals surface area contributed by atoms with Gasteiger partial charge in [-0.05, 0) is 25.1 Å².